The van der Waals surface area contributed by atoms with Crippen molar-refractivity contribution >= 4 is 23.5 Å². The number of aliphatic hydroxyl groups is 1. The highest BCUT2D eigenvalue weighted by atomic mass is 16.7. The van der Waals surface area contributed by atoms with Gasteiger partial charge in [0.2, 0.25) is 6.61 Å². The first-order chi connectivity index (χ1) is 16.0. The summed E-state index contributed by atoms with van der Waals surface area (Å²) in [6.07, 6.45) is 12.6. The topological polar surface area (TPSA) is 106 Å². The first kappa shape index (κ1) is 23.3. The largest absolute Gasteiger partial charge is 0.390 e. The zero-order valence-electron chi connectivity index (χ0n) is 20.2. The lowest BCUT2D eigenvalue weighted by Crippen LogP contribution is -2.53. The summed E-state index contributed by atoms with van der Waals surface area (Å²) in [5.74, 6) is -0.175. The fourth-order valence-corrected chi connectivity index (χ4v) is 7.45. The van der Waals surface area contributed by atoms with Crippen LogP contribution in [0.15, 0.2) is 29.0 Å². The van der Waals surface area contributed by atoms with Gasteiger partial charge in [-0.25, -0.2) is 4.79 Å². The molecule has 0 spiro atoms. The molecule has 0 aromatic carbocycles. The number of carbonyl (C=O) groups excluding carboxylic acids is 3. The summed E-state index contributed by atoms with van der Waals surface area (Å²) in [6, 6.07) is 0. The van der Waals surface area contributed by atoms with Gasteiger partial charge in [0.05, 0.1) is 5.60 Å². The molecule has 0 unspecified atom stereocenters. The van der Waals surface area contributed by atoms with E-state index in [0.717, 1.165) is 38.5 Å². The lowest BCUT2D eigenvalue weighted by Gasteiger charge is -2.58. The van der Waals surface area contributed by atoms with E-state index in [9.17, 15) is 19.5 Å². The molecule has 0 bridgehead atoms. The minimum Gasteiger partial charge on any atom is -0.390 e. The standard InChI is InChI=1S/C26H34N2O6/c1-24-11-8-17(27-33-15-23(31)34-28-21(29)6-7-22(28)30)14-16(24)4-5-18-19(24)9-12-25(2)20(18)10-13-26(25,3)32/h8,11,14,18-20,32H,4-7,9-10,12-13,15H2,1-3H3/b27-17+/t18-,19-,20+,24+,25+,26+/m1/s1. The van der Waals surface area contributed by atoms with Crippen molar-refractivity contribution in [2.75, 3.05) is 6.61 Å². The average molecular weight is 471 g/mol. The number of hydrogen-bond donors (Lipinski definition) is 1. The predicted octanol–water partition coefficient (Wildman–Crippen LogP) is 3.46. The lowest BCUT2D eigenvalue weighted by molar-refractivity contribution is -0.200. The van der Waals surface area contributed by atoms with Gasteiger partial charge in [-0.2, -0.15) is 0 Å². The summed E-state index contributed by atoms with van der Waals surface area (Å²) in [5.41, 5.74) is 1.37. The van der Waals surface area contributed by atoms with E-state index in [-0.39, 0.29) is 23.7 Å². The van der Waals surface area contributed by atoms with Gasteiger partial charge in [-0.3, -0.25) is 9.59 Å². The van der Waals surface area contributed by atoms with Crippen LogP contribution in [-0.2, 0) is 24.1 Å². The van der Waals surface area contributed by atoms with Crippen molar-refractivity contribution in [2.45, 2.75) is 77.7 Å². The maximum absolute atomic E-state index is 11.9. The van der Waals surface area contributed by atoms with Gasteiger partial charge < -0.3 is 14.8 Å². The highest BCUT2D eigenvalue weighted by Gasteiger charge is 2.62. The van der Waals surface area contributed by atoms with Gasteiger partial charge in [0.15, 0.2) is 0 Å². The third-order valence-corrected chi connectivity index (χ3v) is 9.68. The third kappa shape index (κ3) is 3.53. The average Bonchev–Trinajstić information content (AvgIpc) is 3.23. The second-order valence-corrected chi connectivity index (χ2v) is 11.3. The predicted molar refractivity (Wildman–Crippen MR) is 123 cm³/mol. The fourth-order valence-electron chi connectivity index (χ4n) is 7.45. The number of rotatable bonds is 4. The Bertz CT molecular complexity index is 997. The number of hydroxylamine groups is 2. The van der Waals surface area contributed by atoms with Gasteiger partial charge in [0, 0.05) is 18.3 Å². The van der Waals surface area contributed by atoms with Crippen molar-refractivity contribution in [1.29, 1.82) is 0 Å². The third-order valence-electron chi connectivity index (χ3n) is 9.68. The van der Waals surface area contributed by atoms with E-state index < -0.39 is 30.0 Å². The number of hydrogen-bond acceptors (Lipinski definition) is 7. The number of imide groups is 1. The van der Waals surface area contributed by atoms with Crippen molar-refractivity contribution in [2.24, 2.45) is 33.7 Å². The molecule has 2 amide bonds. The van der Waals surface area contributed by atoms with Crippen molar-refractivity contribution < 1.29 is 29.2 Å². The Balaban J connectivity index is 1.23. The Kier molecular flexibility index (Phi) is 5.50. The Labute approximate surface area is 200 Å². The highest BCUT2D eigenvalue weighted by molar-refractivity contribution is 6.05. The van der Waals surface area contributed by atoms with Crippen LogP contribution in [0.4, 0.5) is 0 Å². The molecule has 8 nitrogen and oxygen atoms in total. The molecule has 1 N–H and O–H groups in total. The quantitative estimate of drug-likeness (QED) is 0.498. The Morgan fingerprint density at radius 3 is 2.53 bits per heavy atom. The molecule has 0 radical (unpaired) electrons. The Morgan fingerprint density at radius 1 is 1.09 bits per heavy atom. The van der Waals surface area contributed by atoms with E-state index in [2.05, 4.69) is 31.2 Å². The SMILES string of the molecule is C[C@]12C=C/C(=N\OCC(=O)ON3C(=O)CCC3=O)C=C1CC[C@@H]1[C@H]2CC[C@@]2(C)[C@H]1CC[C@]2(C)O. The maximum atomic E-state index is 11.9. The molecule has 6 atom stereocenters. The summed E-state index contributed by atoms with van der Waals surface area (Å²) in [6.45, 7) is 6.16. The highest BCUT2D eigenvalue weighted by Crippen LogP contribution is 2.66. The van der Waals surface area contributed by atoms with E-state index in [1.807, 2.05) is 13.0 Å². The molecule has 34 heavy (non-hydrogen) atoms. The van der Waals surface area contributed by atoms with Crippen molar-refractivity contribution in [3.05, 3.63) is 23.8 Å². The van der Waals surface area contributed by atoms with E-state index in [1.165, 1.54) is 5.57 Å². The first-order valence-electron chi connectivity index (χ1n) is 12.4. The van der Waals surface area contributed by atoms with Gasteiger partial charge in [0.1, 0.15) is 5.71 Å². The normalized spacial score (nSPS) is 42.2. The molecule has 4 fully saturated rings. The van der Waals surface area contributed by atoms with Gasteiger partial charge in [-0.1, -0.05) is 30.7 Å². The summed E-state index contributed by atoms with van der Waals surface area (Å²) in [4.78, 5) is 45.0. The van der Waals surface area contributed by atoms with Crippen LogP contribution in [0.25, 0.3) is 0 Å². The van der Waals surface area contributed by atoms with E-state index in [1.54, 1.807) is 0 Å². The van der Waals surface area contributed by atoms with Crippen LogP contribution in [0.1, 0.15) is 72.1 Å². The molecule has 1 saturated heterocycles. The van der Waals surface area contributed by atoms with Crippen molar-refractivity contribution in [3.63, 3.8) is 0 Å². The molecule has 5 aliphatic rings. The number of oxime groups is 1. The van der Waals surface area contributed by atoms with Crippen LogP contribution < -0.4 is 0 Å². The number of fused-ring (bicyclic) bond motifs is 5. The lowest BCUT2D eigenvalue weighted by atomic mass is 9.47. The van der Waals surface area contributed by atoms with E-state index in [4.69, 9.17) is 9.68 Å². The molecule has 5 rings (SSSR count). The molecule has 3 saturated carbocycles. The summed E-state index contributed by atoms with van der Waals surface area (Å²) in [7, 11) is 0. The summed E-state index contributed by atoms with van der Waals surface area (Å²) in [5, 5.41) is 15.7. The fraction of sp³-hybridized carbons (Fsp3) is 0.692. The van der Waals surface area contributed by atoms with Gasteiger partial charge in [-0.15, -0.1) is 5.06 Å². The van der Waals surface area contributed by atoms with Gasteiger partial charge in [0.25, 0.3) is 11.8 Å². The number of carbonyl (C=O) groups is 3. The first-order valence-corrected chi connectivity index (χ1v) is 12.4. The van der Waals surface area contributed by atoms with Crippen LogP contribution in [0, 0.1) is 28.6 Å². The molecule has 8 heteroatoms. The molecular formula is C26H34N2O6. The summed E-state index contributed by atoms with van der Waals surface area (Å²) < 4.78 is 0. The molecule has 4 aliphatic carbocycles. The van der Waals surface area contributed by atoms with Crippen LogP contribution in [-0.4, -0.2) is 45.9 Å². The molecule has 184 valence electrons. The zero-order chi connectivity index (χ0) is 24.3. The molecule has 0 aromatic rings. The minimum atomic E-state index is -0.844. The smallest absolute Gasteiger partial charge is 0.373 e. The Morgan fingerprint density at radius 2 is 1.79 bits per heavy atom. The molecule has 0 aromatic heterocycles. The van der Waals surface area contributed by atoms with E-state index >= 15 is 0 Å². The second-order valence-electron chi connectivity index (χ2n) is 11.3. The second kappa shape index (κ2) is 8.04. The zero-order valence-corrected chi connectivity index (χ0v) is 20.2. The van der Waals surface area contributed by atoms with Gasteiger partial charge in [-0.05, 0) is 80.8 Å². The van der Waals surface area contributed by atoms with Crippen LogP contribution >= 0.6 is 0 Å². The van der Waals surface area contributed by atoms with Crippen LogP contribution in [0.3, 0.4) is 0 Å². The van der Waals surface area contributed by atoms with Crippen molar-refractivity contribution in [1.82, 2.24) is 5.06 Å². The molecule has 1 heterocycles. The van der Waals surface area contributed by atoms with Crippen LogP contribution in [0.5, 0.6) is 0 Å². The Hall–Kier alpha value is -2.48. The number of allylic oxidation sites excluding steroid dienone is 4. The monoisotopic (exact) mass is 470 g/mol. The van der Waals surface area contributed by atoms with Crippen molar-refractivity contribution in [3.8, 4) is 0 Å². The number of nitrogens with zero attached hydrogens (tertiary/aromatic N) is 2. The molecule has 1 aliphatic heterocycles. The maximum Gasteiger partial charge on any atom is 0.373 e. The van der Waals surface area contributed by atoms with E-state index in [0.29, 0.717) is 28.5 Å². The number of amides is 2. The van der Waals surface area contributed by atoms with Gasteiger partial charge >= 0.3 is 5.97 Å². The summed E-state index contributed by atoms with van der Waals surface area (Å²) >= 11 is 0. The minimum absolute atomic E-state index is 0.00346. The molecular weight excluding hydrogens is 436 g/mol. The van der Waals surface area contributed by atoms with Crippen LogP contribution in [0.2, 0.25) is 0 Å².